The number of carbonyl (C=O) groups is 2. The number of ether oxygens (including phenoxy) is 4. The summed E-state index contributed by atoms with van der Waals surface area (Å²) in [7, 11) is 4.34. The first-order chi connectivity index (χ1) is 16.8. The van der Waals surface area contributed by atoms with Crippen molar-refractivity contribution in [3.63, 3.8) is 0 Å². The van der Waals surface area contributed by atoms with Gasteiger partial charge in [0, 0.05) is 10.0 Å². The van der Waals surface area contributed by atoms with Crippen LogP contribution in [0.25, 0.3) is 0 Å². The molecule has 0 aliphatic carbocycles. The molecule has 0 fully saturated rings. The van der Waals surface area contributed by atoms with Crippen LogP contribution in [-0.4, -0.2) is 44.5 Å². The van der Waals surface area contributed by atoms with Crippen LogP contribution in [0.15, 0.2) is 62.6 Å². The molecule has 0 aliphatic rings. The highest BCUT2D eigenvalue weighted by molar-refractivity contribution is 9.11. The molecule has 0 spiro atoms. The molecular weight excluding hydrogens is 588 g/mol. The minimum Gasteiger partial charge on any atom is -0.507 e. The van der Waals surface area contributed by atoms with Crippen LogP contribution in [0.4, 0.5) is 0 Å². The van der Waals surface area contributed by atoms with Crippen LogP contribution in [-0.2, 0) is 0 Å². The number of methoxy groups -OCH3 is 3. The number of rotatable bonds is 8. The topological polar surface area (TPSA) is 116 Å². The van der Waals surface area contributed by atoms with E-state index < -0.39 is 11.9 Å². The van der Waals surface area contributed by atoms with Crippen LogP contribution in [0.2, 0.25) is 0 Å². The Morgan fingerprint density at radius 1 is 0.943 bits per heavy atom. The van der Waals surface area contributed by atoms with E-state index in [4.69, 9.17) is 18.9 Å². The number of amides is 1. The molecule has 0 heterocycles. The van der Waals surface area contributed by atoms with E-state index in [1.807, 2.05) is 0 Å². The minimum absolute atomic E-state index is 0.0640. The van der Waals surface area contributed by atoms with E-state index in [2.05, 4.69) is 42.4 Å². The lowest BCUT2D eigenvalue weighted by Crippen LogP contribution is -2.18. The number of phenols is 1. The highest BCUT2D eigenvalue weighted by Crippen LogP contribution is 2.39. The molecule has 0 saturated carbocycles. The molecule has 1 amide bonds. The number of para-hydroxylation sites is 1. The van der Waals surface area contributed by atoms with Gasteiger partial charge < -0.3 is 24.1 Å². The van der Waals surface area contributed by atoms with Crippen molar-refractivity contribution in [1.82, 2.24) is 5.43 Å². The highest BCUT2D eigenvalue weighted by Gasteiger charge is 2.20. The summed E-state index contributed by atoms with van der Waals surface area (Å²) in [5.74, 6) is -0.392. The first-order valence-electron chi connectivity index (χ1n) is 9.91. The molecule has 0 bridgehead atoms. The molecule has 3 aromatic rings. The number of phenolic OH excluding ortho intramolecular Hbond substituents is 1. The van der Waals surface area contributed by atoms with Crippen LogP contribution < -0.4 is 24.4 Å². The zero-order valence-electron chi connectivity index (χ0n) is 18.8. The molecule has 9 nitrogen and oxygen atoms in total. The molecule has 35 heavy (non-hydrogen) atoms. The molecule has 0 saturated heterocycles. The number of esters is 1. The van der Waals surface area contributed by atoms with E-state index in [0.717, 1.165) is 0 Å². The number of aromatic hydroxyl groups is 1. The van der Waals surface area contributed by atoms with E-state index in [9.17, 15) is 14.7 Å². The van der Waals surface area contributed by atoms with Crippen LogP contribution in [0.1, 0.15) is 26.3 Å². The summed E-state index contributed by atoms with van der Waals surface area (Å²) in [5, 5.41) is 13.8. The van der Waals surface area contributed by atoms with Crippen molar-refractivity contribution in [2.45, 2.75) is 0 Å². The zero-order valence-corrected chi connectivity index (χ0v) is 22.0. The van der Waals surface area contributed by atoms with Gasteiger partial charge in [0.2, 0.25) is 5.75 Å². The lowest BCUT2D eigenvalue weighted by Gasteiger charge is -2.15. The molecule has 0 aliphatic heterocycles. The largest absolute Gasteiger partial charge is 0.507 e. The normalized spacial score (nSPS) is 10.7. The zero-order chi connectivity index (χ0) is 25.5. The number of benzene rings is 3. The van der Waals surface area contributed by atoms with Crippen LogP contribution >= 0.6 is 31.9 Å². The van der Waals surface area contributed by atoms with Crippen molar-refractivity contribution in [3.8, 4) is 28.7 Å². The lowest BCUT2D eigenvalue weighted by atomic mass is 10.1. The smallest absolute Gasteiger partial charge is 0.343 e. The number of hydrazone groups is 1. The summed E-state index contributed by atoms with van der Waals surface area (Å²) in [6.07, 6.45) is 1.31. The fourth-order valence-corrected chi connectivity index (χ4v) is 4.36. The van der Waals surface area contributed by atoms with Gasteiger partial charge >= 0.3 is 5.97 Å². The van der Waals surface area contributed by atoms with Gasteiger partial charge in [-0.15, -0.1) is 0 Å². The van der Waals surface area contributed by atoms with Crippen molar-refractivity contribution in [2.75, 3.05) is 21.3 Å². The second kappa shape index (κ2) is 11.7. The summed E-state index contributed by atoms with van der Waals surface area (Å²) in [4.78, 5) is 25.3. The van der Waals surface area contributed by atoms with E-state index in [0.29, 0.717) is 31.8 Å². The second-order valence-corrected chi connectivity index (χ2v) is 8.60. The molecular formula is C24H20Br2N2O7. The predicted molar refractivity (Wildman–Crippen MR) is 136 cm³/mol. The second-order valence-electron chi connectivity index (χ2n) is 6.83. The molecule has 3 aromatic carbocycles. The minimum atomic E-state index is -0.694. The van der Waals surface area contributed by atoms with Gasteiger partial charge in [0.25, 0.3) is 5.91 Å². The Bertz CT molecular complexity index is 1270. The number of hydrogen-bond acceptors (Lipinski definition) is 8. The Morgan fingerprint density at radius 2 is 1.60 bits per heavy atom. The van der Waals surface area contributed by atoms with Gasteiger partial charge in [0.05, 0.1) is 43.1 Å². The van der Waals surface area contributed by atoms with Gasteiger partial charge in [-0.2, -0.15) is 5.10 Å². The maximum Gasteiger partial charge on any atom is 0.343 e. The van der Waals surface area contributed by atoms with Gasteiger partial charge in [-0.1, -0.05) is 28.1 Å². The molecule has 3 rings (SSSR count). The molecule has 182 valence electrons. The van der Waals surface area contributed by atoms with Gasteiger partial charge in [-0.25, -0.2) is 10.2 Å². The van der Waals surface area contributed by atoms with E-state index in [1.54, 1.807) is 24.3 Å². The van der Waals surface area contributed by atoms with Crippen molar-refractivity contribution in [2.24, 2.45) is 5.10 Å². The fraction of sp³-hybridized carbons (Fsp3) is 0.125. The maximum atomic E-state index is 13.0. The summed E-state index contributed by atoms with van der Waals surface area (Å²) in [5.41, 5.74) is 2.94. The lowest BCUT2D eigenvalue weighted by molar-refractivity contribution is 0.0732. The standard InChI is InChI=1S/C24H20Br2N2O7/c1-32-19-9-13(10-20(33-2)22(19)34-3)24(31)35-21-14(8-15(25)11-17(21)26)12-27-28-23(30)16-6-4-5-7-18(16)29/h4-12,29H,1-3H3,(H,28,30)/b27-12+. The summed E-state index contributed by atoms with van der Waals surface area (Å²) in [6.45, 7) is 0. The Hall–Kier alpha value is -3.57. The average molecular weight is 608 g/mol. The van der Waals surface area contributed by atoms with Crippen LogP contribution in [0.5, 0.6) is 28.7 Å². The van der Waals surface area contributed by atoms with Gasteiger partial charge in [-0.05, 0) is 52.3 Å². The molecule has 11 heteroatoms. The highest BCUT2D eigenvalue weighted by atomic mass is 79.9. The number of nitrogens with one attached hydrogen (secondary N) is 1. The van der Waals surface area contributed by atoms with E-state index in [1.165, 1.54) is 51.8 Å². The quantitative estimate of drug-likeness (QED) is 0.161. The molecule has 0 radical (unpaired) electrons. The van der Waals surface area contributed by atoms with Crippen molar-refractivity contribution < 1.29 is 33.6 Å². The third-order valence-corrected chi connectivity index (χ3v) is 5.70. The van der Waals surface area contributed by atoms with Crippen molar-refractivity contribution in [1.29, 1.82) is 0 Å². The number of hydrogen-bond donors (Lipinski definition) is 2. The third-order valence-electron chi connectivity index (χ3n) is 4.65. The Morgan fingerprint density at radius 3 is 2.20 bits per heavy atom. The van der Waals surface area contributed by atoms with Gasteiger partial charge in [0.1, 0.15) is 5.75 Å². The number of nitrogens with zero attached hydrogens (tertiary/aromatic N) is 1. The maximum absolute atomic E-state index is 13.0. The fourth-order valence-electron chi connectivity index (χ4n) is 3.02. The molecule has 2 N–H and O–H groups in total. The molecule has 0 atom stereocenters. The van der Waals surface area contributed by atoms with Crippen LogP contribution in [0.3, 0.4) is 0 Å². The Kier molecular flexibility index (Phi) is 8.72. The monoisotopic (exact) mass is 606 g/mol. The third kappa shape index (κ3) is 6.11. The first-order valence-corrected chi connectivity index (χ1v) is 11.5. The van der Waals surface area contributed by atoms with Crippen LogP contribution in [0, 0.1) is 0 Å². The Balaban J connectivity index is 1.88. The summed E-state index contributed by atoms with van der Waals surface area (Å²) < 4.78 is 22.7. The van der Waals surface area contributed by atoms with Crippen molar-refractivity contribution >= 4 is 50.0 Å². The van der Waals surface area contributed by atoms with E-state index in [-0.39, 0.29) is 22.6 Å². The average Bonchev–Trinajstić information content (AvgIpc) is 2.84. The first kappa shape index (κ1) is 26.0. The molecule has 0 aromatic heterocycles. The Labute approximate surface area is 217 Å². The summed E-state index contributed by atoms with van der Waals surface area (Å²) >= 11 is 6.77. The molecule has 0 unspecified atom stereocenters. The number of carbonyl (C=O) groups excluding carboxylic acids is 2. The van der Waals surface area contributed by atoms with Gasteiger partial charge in [0.15, 0.2) is 17.2 Å². The van der Waals surface area contributed by atoms with E-state index >= 15 is 0 Å². The summed E-state index contributed by atoms with van der Waals surface area (Å²) in [6, 6.07) is 12.3. The predicted octanol–water partition coefficient (Wildman–Crippen LogP) is 4.93. The van der Waals surface area contributed by atoms with Gasteiger partial charge in [-0.3, -0.25) is 4.79 Å². The number of halogens is 2. The SMILES string of the molecule is COc1cc(C(=O)Oc2c(Br)cc(Br)cc2/C=N/NC(=O)c2ccccc2O)cc(OC)c1OC. The van der Waals surface area contributed by atoms with Crippen molar-refractivity contribution in [3.05, 3.63) is 74.2 Å².